The number of hydrogen-bond donors (Lipinski definition) is 2. The number of hydrogen-bond acceptors (Lipinski definition) is 8. The number of nitro benzene ring substituents is 1. The summed E-state index contributed by atoms with van der Waals surface area (Å²) in [5.74, 6) is -0.576. The van der Waals surface area contributed by atoms with Gasteiger partial charge in [-0.25, -0.2) is 4.98 Å². The minimum atomic E-state index is -0.576. The van der Waals surface area contributed by atoms with Crippen molar-refractivity contribution < 1.29 is 14.5 Å². The number of thiocarbonyl (C=S) groups is 1. The van der Waals surface area contributed by atoms with E-state index in [9.17, 15) is 14.9 Å². The lowest BCUT2D eigenvalue weighted by molar-refractivity contribution is -0.384. The summed E-state index contributed by atoms with van der Waals surface area (Å²) in [6.45, 7) is 2.05. The lowest BCUT2D eigenvalue weighted by atomic mass is 10.1. The molecule has 3 aromatic carbocycles. The first-order valence-electron chi connectivity index (χ1n) is 11.3. The molecular weight excluding hydrogens is 534 g/mol. The highest BCUT2D eigenvalue weighted by atomic mass is 35.5. The quantitative estimate of drug-likeness (QED) is 0.190. The highest BCUT2D eigenvalue weighted by molar-refractivity contribution is 7.80. The molecule has 1 aromatic heterocycles. The average Bonchev–Trinajstić information content (AvgIpc) is 3.34. The van der Waals surface area contributed by atoms with Crippen LogP contribution in [-0.4, -0.2) is 47.2 Å². The summed E-state index contributed by atoms with van der Waals surface area (Å²) in [4.78, 5) is 30.6. The Morgan fingerprint density at radius 3 is 2.68 bits per heavy atom. The van der Waals surface area contributed by atoms with Crippen LogP contribution in [0.25, 0.3) is 20.8 Å². The molecule has 0 bridgehead atoms. The predicted molar refractivity (Wildman–Crippen MR) is 150 cm³/mol. The van der Waals surface area contributed by atoms with Gasteiger partial charge in [0, 0.05) is 30.3 Å². The Hall–Kier alpha value is -3.64. The second-order valence-corrected chi connectivity index (χ2v) is 10.00. The van der Waals surface area contributed by atoms with Gasteiger partial charge in [-0.15, -0.1) is 11.3 Å². The molecule has 1 fully saturated rings. The maximum Gasteiger partial charge on any atom is 0.293 e. The van der Waals surface area contributed by atoms with Gasteiger partial charge in [-0.05, 0) is 48.6 Å². The zero-order chi connectivity index (χ0) is 25.9. The second-order valence-electron chi connectivity index (χ2n) is 8.15. The van der Waals surface area contributed by atoms with Crippen molar-refractivity contribution >= 4 is 73.5 Å². The van der Waals surface area contributed by atoms with Crippen molar-refractivity contribution in [3.8, 4) is 10.6 Å². The van der Waals surface area contributed by atoms with E-state index in [1.54, 1.807) is 29.5 Å². The fourth-order valence-electron chi connectivity index (χ4n) is 3.96. The van der Waals surface area contributed by atoms with Gasteiger partial charge in [-0.2, -0.15) is 0 Å². The number of nitrogens with zero attached hydrogens (tertiary/aromatic N) is 3. The number of halogens is 1. The van der Waals surface area contributed by atoms with Gasteiger partial charge >= 0.3 is 0 Å². The average molecular weight is 554 g/mol. The molecule has 1 aliphatic heterocycles. The highest BCUT2D eigenvalue weighted by Crippen LogP contribution is 2.34. The summed E-state index contributed by atoms with van der Waals surface area (Å²) >= 11 is 13.2. The number of aromatic nitrogens is 1. The molecule has 0 unspecified atom stereocenters. The van der Waals surface area contributed by atoms with Gasteiger partial charge in [0.25, 0.3) is 11.6 Å². The molecule has 1 aliphatic rings. The first kappa shape index (κ1) is 25.0. The zero-order valence-corrected chi connectivity index (χ0v) is 21.7. The van der Waals surface area contributed by atoms with E-state index in [1.165, 1.54) is 12.1 Å². The Morgan fingerprint density at radius 1 is 1.14 bits per heavy atom. The third-order valence-corrected chi connectivity index (χ3v) is 7.39. The second kappa shape index (κ2) is 10.8. The van der Waals surface area contributed by atoms with Crippen molar-refractivity contribution in [2.45, 2.75) is 0 Å². The molecule has 2 N–H and O–H groups in total. The Bertz CT molecular complexity index is 1490. The number of nitrogens with one attached hydrogen (secondary N) is 2. The summed E-state index contributed by atoms with van der Waals surface area (Å²) in [7, 11) is 0. The standard InChI is InChI=1S/C25H20ClN5O4S2/c26-17-7-5-16(24-27-18-3-1-2-4-22(18)37-24)13-19(17)28-25(36)29-23(32)15-6-8-20(21(14-15)31(33)34)30-9-11-35-12-10-30/h1-8,13-14H,9-12H2,(H2,28,29,32,36). The van der Waals surface area contributed by atoms with Crippen molar-refractivity contribution in [2.24, 2.45) is 0 Å². The van der Waals surface area contributed by atoms with Crippen LogP contribution in [0.5, 0.6) is 0 Å². The Kier molecular flexibility index (Phi) is 7.28. The number of anilines is 2. The molecular formula is C25H20ClN5O4S2. The van der Waals surface area contributed by atoms with Crippen LogP contribution < -0.4 is 15.5 Å². The summed E-state index contributed by atoms with van der Waals surface area (Å²) < 4.78 is 6.39. The number of para-hydroxylation sites is 1. The van der Waals surface area contributed by atoms with Gasteiger partial charge in [0.15, 0.2) is 5.11 Å². The molecule has 4 aromatic rings. The number of ether oxygens (including phenoxy) is 1. The van der Waals surface area contributed by atoms with E-state index >= 15 is 0 Å². The summed E-state index contributed by atoms with van der Waals surface area (Å²) in [6.07, 6.45) is 0. The molecule has 188 valence electrons. The van der Waals surface area contributed by atoms with E-state index in [0.717, 1.165) is 20.8 Å². The summed E-state index contributed by atoms with van der Waals surface area (Å²) in [5.41, 5.74) is 2.66. The normalized spacial score (nSPS) is 13.4. The SMILES string of the molecule is O=C(NC(=S)Nc1cc(-c2nc3ccccc3s2)ccc1Cl)c1ccc(N2CCOCC2)c([N+](=O)[O-])c1. The minimum absolute atomic E-state index is 0.00765. The van der Waals surface area contributed by atoms with Crippen molar-refractivity contribution in [1.82, 2.24) is 10.3 Å². The molecule has 1 amide bonds. The number of thiazole rings is 1. The number of benzene rings is 3. The fourth-order valence-corrected chi connectivity index (χ4v) is 5.29. The molecule has 5 rings (SSSR count). The first-order chi connectivity index (χ1) is 17.9. The number of fused-ring (bicyclic) bond motifs is 1. The molecule has 0 atom stereocenters. The van der Waals surface area contributed by atoms with Crippen LogP contribution in [0.3, 0.4) is 0 Å². The van der Waals surface area contributed by atoms with Gasteiger partial charge in [-0.3, -0.25) is 20.2 Å². The van der Waals surface area contributed by atoms with E-state index in [2.05, 4.69) is 15.6 Å². The number of carbonyl (C=O) groups excluding carboxylic acids is 1. The van der Waals surface area contributed by atoms with Gasteiger partial charge in [0.05, 0.1) is 39.1 Å². The smallest absolute Gasteiger partial charge is 0.293 e. The molecule has 12 heteroatoms. The van der Waals surface area contributed by atoms with Crippen LogP contribution >= 0.6 is 35.2 Å². The van der Waals surface area contributed by atoms with Crippen molar-refractivity contribution in [3.63, 3.8) is 0 Å². The molecule has 0 spiro atoms. The molecule has 0 aliphatic carbocycles. The molecule has 37 heavy (non-hydrogen) atoms. The number of carbonyl (C=O) groups is 1. The van der Waals surface area contributed by atoms with Crippen LogP contribution in [0, 0.1) is 10.1 Å². The number of amides is 1. The fraction of sp³-hybridized carbons (Fsp3) is 0.160. The van der Waals surface area contributed by atoms with Crippen LogP contribution in [-0.2, 0) is 4.74 Å². The van der Waals surface area contributed by atoms with Gasteiger partial charge < -0.3 is 15.0 Å². The third-order valence-electron chi connectivity index (χ3n) is 5.77. The van der Waals surface area contributed by atoms with E-state index in [0.29, 0.717) is 42.7 Å². The largest absolute Gasteiger partial charge is 0.378 e. The number of rotatable bonds is 5. The van der Waals surface area contributed by atoms with Crippen molar-refractivity contribution in [3.05, 3.63) is 81.4 Å². The molecule has 9 nitrogen and oxygen atoms in total. The van der Waals surface area contributed by atoms with Crippen LogP contribution in [0.15, 0.2) is 60.7 Å². The third kappa shape index (κ3) is 5.54. The van der Waals surface area contributed by atoms with Crippen LogP contribution in [0.4, 0.5) is 17.1 Å². The van der Waals surface area contributed by atoms with E-state index in [1.807, 2.05) is 35.2 Å². The summed E-state index contributed by atoms with van der Waals surface area (Å²) in [5, 5.41) is 18.5. The van der Waals surface area contributed by atoms with Gasteiger partial charge in [0.2, 0.25) is 0 Å². The van der Waals surface area contributed by atoms with Crippen molar-refractivity contribution in [2.75, 3.05) is 36.5 Å². The first-order valence-corrected chi connectivity index (χ1v) is 12.9. The highest BCUT2D eigenvalue weighted by Gasteiger charge is 2.23. The molecule has 2 heterocycles. The van der Waals surface area contributed by atoms with Gasteiger partial charge in [0.1, 0.15) is 10.7 Å². The number of morpholine rings is 1. The maximum absolute atomic E-state index is 12.8. The lowest BCUT2D eigenvalue weighted by Gasteiger charge is -2.28. The van der Waals surface area contributed by atoms with Crippen molar-refractivity contribution in [1.29, 1.82) is 0 Å². The Morgan fingerprint density at radius 2 is 1.92 bits per heavy atom. The Balaban J connectivity index is 1.31. The van der Waals surface area contributed by atoms with Crippen LogP contribution in [0.2, 0.25) is 5.02 Å². The lowest BCUT2D eigenvalue weighted by Crippen LogP contribution is -2.37. The van der Waals surface area contributed by atoms with E-state index < -0.39 is 10.8 Å². The topological polar surface area (TPSA) is 110 Å². The van der Waals surface area contributed by atoms with E-state index in [4.69, 9.17) is 28.6 Å². The molecule has 0 saturated carbocycles. The Labute approximate surface area is 226 Å². The van der Waals surface area contributed by atoms with Gasteiger partial charge in [-0.1, -0.05) is 29.8 Å². The van der Waals surface area contributed by atoms with E-state index in [-0.39, 0.29) is 16.4 Å². The number of nitro groups is 1. The molecule has 1 saturated heterocycles. The summed E-state index contributed by atoms with van der Waals surface area (Å²) in [6, 6.07) is 17.6. The monoisotopic (exact) mass is 553 g/mol. The zero-order valence-electron chi connectivity index (χ0n) is 19.3. The molecule has 0 radical (unpaired) electrons. The van der Waals surface area contributed by atoms with Crippen LogP contribution in [0.1, 0.15) is 10.4 Å². The minimum Gasteiger partial charge on any atom is -0.378 e. The maximum atomic E-state index is 12.8. The predicted octanol–water partition coefficient (Wildman–Crippen LogP) is 5.49.